The Labute approximate surface area is 124 Å². The molecule has 0 unspecified atom stereocenters. The van der Waals surface area contributed by atoms with Gasteiger partial charge in [-0.25, -0.2) is 4.39 Å². The van der Waals surface area contributed by atoms with Gasteiger partial charge in [0.05, 0.1) is 0 Å². The van der Waals surface area contributed by atoms with Gasteiger partial charge in [-0.15, -0.1) is 0 Å². The molecule has 0 aromatic heterocycles. The van der Waals surface area contributed by atoms with Crippen LogP contribution in [0.4, 0.5) is 4.39 Å². The molecule has 1 heterocycles. The van der Waals surface area contributed by atoms with E-state index in [1.807, 2.05) is 6.07 Å². The van der Waals surface area contributed by atoms with Crippen LogP contribution in [-0.2, 0) is 6.54 Å². The molecule has 4 heteroatoms. The Balaban J connectivity index is 1.79. The SMILES string of the molecule is Oc1cccc(-c2ccc(CN3CCNCC3)cc2F)c1. The third kappa shape index (κ3) is 3.40. The number of aromatic hydroxyl groups is 1. The summed E-state index contributed by atoms with van der Waals surface area (Å²) in [6.45, 7) is 4.75. The molecule has 0 aliphatic carbocycles. The molecule has 1 saturated heterocycles. The first-order valence-electron chi connectivity index (χ1n) is 7.23. The van der Waals surface area contributed by atoms with Crippen LogP contribution < -0.4 is 5.32 Å². The van der Waals surface area contributed by atoms with Crippen molar-refractivity contribution < 1.29 is 9.50 Å². The number of phenolic OH excluding ortho intramolecular Hbond substituents is 1. The van der Waals surface area contributed by atoms with Crippen molar-refractivity contribution in [3.05, 3.63) is 53.8 Å². The summed E-state index contributed by atoms with van der Waals surface area (Å²) in [7, 11) is 0. The maximum absolute atomic E-state index is 14.3. The van der Waals surface area contributed by atoms with Crippen molar-refractivity contribution in [2.24, 2.45) is 0 Å². The van der Waals surface area contributed by atoms with Crippen LogP contribution in [0.1, 0.15) is 5.56 Å². The molecule has 0 radical (unpaired) electrons. The number of rotatable bonds is 3. The maximum Gasteiger partial charge on any atom is 0.131 e. The summed E-state index contributed by atoms with van der Waals surface area (Å²) in [6.07, 6.45) is 0. The summed E-state index contributed by atoms with van der Waals surface area (Å²) < 4.78 is 14.3. The molecule has 110 valence electrons. The third-order valence-corrected chi connectivity index (χ3v) is 3.81. The highest BCUT2D eigenvalue weighted by Crippen LogP contribution is 2.26. The summed E-state index contributed by atoms with van der Waals surface area (Å²) >= 11 is 0. The summed E-state index contributed by atoms with van der Waals surface area (Å²) in [5.74, 6) is -0.0926. The average Bonchev–Trinajstić information content (AvgIpc) is 2.48. The Morgan fingerprint density at radius 1 is 1.10 bits per heavy atom. The van der Waals surface area contributed by atoms with Gasteiger partial charge in [-0.05, 0) is 29.3 Å². The van der Waals surface area contributed by atoms with E-state index in [9.17, 15) is 9.50 Å². The zero-order valence-electron chi connectivity index (χ0n) is 11.8. The first-order chi connectivity index (χ1) is 10.2. The second-order valence-corrected chi connectivity index (χ2v) is 5.39. The summed E-state index contributed by atoms with van der Waals surface area (Å²) in [5.41, 5.74) is 2.20. The van der Waals surface area contributed by atoms with Crippen molar-refractivity contribution >= 4 is 0 Å². The second-order valence-electron chi connectivity index (χ2n) is 5.39. The Bertz CT molecular complexity index is 624. The normalized spacial score (nSPS) is 16.0. The summed E-state index contributed by atoms with van der Waals surface area (Å²) in [4.78, 5) is 2.32. The molecule has 1 aliphatic rings. The molecule has 0 spiro atoms. The van der Waals surface area contributed by atoms with Crippen LogP contribution in [0.5, 0.6) is 5.75 Å². The predicted molar refractivity (Wildman–Crippen MR) is 81.6 cm³/mol. The molecular weight excluding hydrogens is 267 g/mol. The zero-order chi connectivity index (χ0) is 14.7. The molecule has 2 N–H and O–H groups in total. The minimum absolute atomic E-state index is 0.150. The van der Waals surface area contributed by atoms with E-state index < -0.39 is 0 Å². The molecule has 0 amide bonds. The van der Waals surface area contributed by atoms with Gasteiger partial charge >= 0.3 is 0 Å². The van der Waals surface area contributed by atoms with Crippen molar-refractivity contribution in [1.29, 1.82) is 0 Å². The van der Waals surface area contributed by atoms with E-state index in [1.54, 1.807) is 36.4 Å². The van der Waals surface area contributed by atoms with Crippen molar-refractivity contribution in [2.75, 3.05) is 26.2 Å². The van der Waals surface area contributed by atoms with Crippen molar-refractivity contribution in [3.8, 4) is 16.9 Å². The molecular formula is C17H19FN2O. The van der Waals surface area contributed by atoms with E-state index in [0.29, 0.717) is 11.1 Å². The minimum Gasteiger partial charge on any atom is -0.508 e. The van der Waals surface area contributed by atoms with Crippen LogP contribution in [0.2, 0.25) is 0 Å². The van der Waals surface area contributed by atoms with E-state index >= 15 is 0 Å². The van der Waals surface area contributed by atoms with Crippen LogP contribution >= 0.6 is 0 Å². The lowest BCUT2D eigenvalue weighted by atomic mass is 10.0. The number of hydrogen-bond donors (Lipinski definition) is 2. The minimum atomic E-state index is -0.242. The number of benzene rings is 2. The number of halogens is 1. The number of phenols is 1. The van der Waals surface area contributed by atoms with Crippen LogP contribution in [0.25, 0.3) is 11.1 Å². The first-order valence-corrected chi connectivity index (χ1v) is 7.23. The van der Waals surface area contributed by atoms with Crippen molar-refractivity contribution in [1.82, 2.24) is 10.2 Å². The third-order valence-electron chi connectivity index (χ3n) is 3.81. The van der Waals surface area contributed by atoms with E-state index in [-0.39, 0.29) is 11.6 Å². The van der Waals surface area contributed by atoms with Gasteiger partial charge in [0.2, 0.25) is 0 Å². The number of hydrogen-bond acceptors (Lipinski definition) is 3. The molecule has 3 nitrogen and oxygen atoms in total. The highest BCUT2D eigenvalue weighted by molar-refractivity contribution is 5.65. The van der Waals surface area contributed by atoms with Gasteiger partial charge in [-0.3, -0.25) is 4.90 Å². The Morgan fingerprint density at radius 3 is 2.62 bits per heavy atom. The predicted octanol–water partition coefficient (Wildman–Crippen LogP) is 2.60. The maximum atomic E-state index is 14.3. The quantitative estimate of drug-likeness (QED) is 0.910. The monoisotopic (exact) mass is 286 g/mol. The fourth-order valence-corrected chi connectivity index (χ4v) is 2.69. The first kappa shape index (κ1) is 14.0. The summed E-state index contributed by atoms with van der Waals surface area (Å²) in [6, 6.07) is 12.0. The fraction of sp³-hybridized carbons (Fsp3) is 0.294. The van der Waals surface area contributed by atoms with Gasteiger partial charge < -0.3 is 10.4 Å². The largest absolute Gasteiger partial charge is 0.508 e. The molecule has 0 saturated carbocycles. The van der Waals surface area contributed by atoms with Crippen LogP contribution in [0, 0.1) is 5.82 Å². The lowest BCUT2D eigenvalue weighted by Crippen LogP contribution is -2.42. The zero-order valence-corrected chi connectivity index (χ0v) is 11.8. The second kappa shape index (κ2) is 6.24. The highest BCUT2D eigenvalue weighted by Gasteiger charge is 2.12. The molecule has 2 aromatic rings. The van der Waals surface area contributed by atoms with Crippen molar-refractivity contribution in [3.63, 3.8) is 0 Å². The molecule has 3 rings (SSSR count). The van der Waals surface area contributed by atoms with Crippen LogP contribution in [0.3, 0.4) is 0 Å². The molecule has 0 atom stereocenters. The number of piperazine rings is 1. The molecule has 2 aromatic carbocycles. The van der Waals surface area contributed by atoms with Gasteiger partial charge in [0.15, 0.2) is 0 Å². The molecule has 1 fully saturated rings. The highest BCUT2D eigenvalue weighted by atomic mass is 19.1. The Hall–Kier alpha value is -1.91. The topological polar surface area (TPSA) is 35.5 Å². The van der Waals surface area contributed by atoms with Gasteiger partial charge in [-0.2, -0.15) is 0 Å². The Kier molecular flexibility index (Phi) is 4.18. The van der Waals surface area contributed by atoms with Gasteiger partial charge in [0.25, 0.3) is 0 Å². The van der Waals surface area contributed by atoms with E-state index in [4.69, 9.17) is 0 Å². The van der Waals surface area contributed by atoms with Gasteiger partial charge in [-0.1, -0.05) is 24.3 Å². The van der Waals surface area contributed by atoms with E-state index in [0.717, 1.165) is 38.3 Å². The number of nitrogens with zero attached hydrogens (tertiary/aromatic N) is 1. The Morgan fingerprint density at radius 2 is 1.90 bits per heavy atom. The lowest BCUT2D eigenvalue weighted by molar-refractivity contribution is 0.233. The van der Waals surface area contributed by atoms with Crippen molar-refractivity contribution in [2.45, 2.75) is 6.54 Å². The fourth-order valence-electron chi connectivity index (χ4n) is 2.69. The average molecular weight is 286 g/mol. The van der Waals surface area contributed by atoms with Crippen LogP contribution in [0.15, 0.2) is 42.5 Å². The van der Waals surface area contributed by atoms with E-state index in [1.165, 1.54) is 0 Å². The van der Waals surface area contributed by atoms with Gasteiger partial charge in [0, 0.05) is 38.3 Å². The van der Waals surface area contributed by atoms with E-state index in [2.05, 4.69) is 10.2 Å². The van der Waals surface area contributed by atoms with Crippen LogP contribution in [-0.4, -0.2) is 36.2 Å². The lowest BCUT2D eigenvalue weighted by Gasteiger charge is -2.27. The molecule has 1 aliphatic heterocycles. The molecule has 21 heavy (non-hydrogen) atoms. The number of nitrogens with one attached hydrogen (secondary N) is 1. The molecule has 0 bridgehead atoms. The smallest absolute Gasteiger partial charge is 0.131 e. The standard InChI is InChI=1S/C17H19FN2O/c18-17-10-13(12-20-8-6-19-7-9-20)4-5-16(17)14-2-1-3-15(21)11-14/h1-5,10-11,19,21H,6-9,12H2. The summed E-state index contributed by atoms with van der Waals surface area (Å²) in [5, 5.41) is 12.8. The van der Waals surface area contributed by atoms with Gasteiger partial charge in [0.1, 0.15) is 11.6 Å².